The largest absolute Gasteiger partial charge is 0.455 e. The quantitative estimate of drug-likeness (QED) is 0.571. The minimum atomic E-state index is -0.588. The van der Waals surface area contributed by atoms with Gasteiger partial charge >= 0.3 is 5.97 Å². The predicted molar refractivity (Wildman–Crippen MR) is 112 cm³/mol. The highest BCUT2D eigenvalue weighted by atomic mass is 32.2. The number of para-hydroxylation sites is 2. The normalized spacial score (nSPS) is 15.8. The first kappa shape index (κ1) is 18.0. The number of esters is 1. The lowest BCUT2D eigenvalue weighted by Crippen LogP contribution is -2.34. The molecule has 3 aromatic carbocycles. The molecular formula is C24H19NO3S. The van der Waals surface area contributed by atoms with Crippen molar-refractivity contribution >= 4 is 35.0 Å². The maximum atomic E-state index is 13.2. The van der Waals surface area contributed by atoms with Gasteiger partial charge < -0.3 is 4.74 Å². The molecule has 1 heterocycles. The third-order valence-corrected chi connectivity index (χ3v) is 6.61. The summed E-state index contributed by atoms with van der Waals surface area (Å²) in [7, 11) is 0. The van der Waals surface area contributed by atoms with Gasteiger partial charge in [-0.15, -0.1) is 0 Å². The van der Waals surface area contributed by atoms with Crippen molar-refractivity contribution in [2.75, 3.05) is 11.5 Å². The summed E-state index contributed by atoms with van der Waals surface area (Å²) in [6.45, 7) is -0.277. The van der Waals surface area contributed by atoms with E-state index >= 15 is 0 Å². The van der Waals surface area contributed by atoms with E-state index in [1.165, 1.54) is 0 Å². The van der Waals surface area contributed by atoms with Gasteiger partial charge in [0.15, 0.2) is 6.61 Å². The van der Waals surface area contributed by atoms with Crippen molar-refractivity contribution in [3.8, 4) is 0 Å². The lowest BCUT2D eigenvalue weighted by atomic mass is 9.96. The zero-order valence-electron chi connectivity index (χ0n) is 15.7. The lowest BCUT2D eigenvalue weighted by Gasteiger charge is -2.31. The molecule has 1 fully saturated rings. The molecule has 0 radical (unpaired) electrons. The molecule has 4 nitrogen and oxygen atoms in total. The van der Waals surface area contributed by atoms with Gasteiger partial charge in [-0.1, -0.05) is 66.4 Å². The van der Waals surface area contributed by atoms with Crippen LogP contribution in [0.1, 0.15) is 18.4 Å². The molecule has 1 aliphatic heterocycles. The summed E-state index contributed by atoms with van der Waals surface area (Å²) in [5, 5.41) is 0. The average Bonchev–Trinajstić information content (AvgIpc) is 3.58. The van der Waals surface area contributed by atoms with E-state index < -0.39 is 5.41 Å². The zero-order chi connectivity index (χ0) is 19.8. The Bertz CT molecular complexity index is 1050. The Kier molecular flexibility index (Phi) is 4.40. The van der Waals surface area contributed by atoms with Gasteiger partial charge in [0, 0.05) is 9.79 Å². The fourth-order valence-corrected chi connectivity index (χ4v) is 4.85. The van der Waals surface area contributed by atoms with E-state index in [4.69, 9.17) is 4.74 Å². The molecule has 1 amide bonds. The smallest absolute Gasteiger partial charge is 0.317 e. The van der Waals surface area contributed by atoms with Crippen LogP contribution in [0.2, 0.25) is 0 Å². The maximum absolute atomic E-state index is 13.2. The summed E-state index contributed by atoms with van der Waals surface area (Å²) in [6.07, 6.45) is 1.52. The molecular weight excluding hydrogens is 382 g/mol. The number of carbonyl (C=O) groups is 2. The Labute approximate surface area is 173 Å². The van der Waals surface area contributed by atoms with E-state index in [1.807, 2.05) is 78.9 Å². The van der Waals surface area contributed by atoms with Crippen molar-refractivity contribution in [2.24, 2.45) is 0 Å². The number of fused-ring (bicyclic) bond motifs is 2. The second-order valence-corrected chi connectivity index (χ2v) is 8.37. The van der Waals surface area contributed by atoms with Crippen LogP contribution in [-0.2, 0) is 19.7 Å². The van der Waals surface area contributed by atoms with Gasteiger partial charge in [0.1, 0.15) is 0 Å². The molecule has 0 unspecified atom stereocenters. The molecule has 1 aliphatic carbocycles. The Hall–Kier alpha value is -3.05. The second kappa shape index (κ2) is 7.08. The highest BCUT2D eigenvalue weighted by molar-refractivity contribution is 7.99. The Balaban J connectivity index is 1.38. The highest BCUT2D eigenvalue weighted by Gasteiger charge is 2.53. The molecule has 144 valence electrons. The van der Waals surface area contributed by atoms with Crippen LogP contribution in [0.15, 0.2) is 88.7 Å². The Morgan fingerprint density at radius 1 is 0.828 bits per heavy atom. The van der Waals surface area contributed by atoms with E-state index in [9.17, 15) is 9.59 Å². The maximum Gasteiger partial charge on any atom is 0.317 e. The minimum absolute atomic E-state index is 0.248. The van der Waals surface area contributed by atoms with Crippen LogP contribution in [0.4, 0.5) is 11.4 Å². The monoisotopic (exact) mass is 401 g/mol. The van der Waals surface area contributed by atoms with Crippen molar-refractivity contribution in [1.82, 2.24) is 0 Å². The number of amides is 1. The number of hydrogen-bond acceptors (Lipinski definition) is 4. The molecule has 1 saturated carbocycles. The first-order valence-electron chi connectivity index (χ1n) is 9.61. The van der Waals surface area contributed by atoms with Crippen LogP contribution >= 0.6 is 11.8 Å². The number of hydrogen-bond donors (Lipinski definition) is 0. The summed E-state index contributed by atoms with van der Waals surface area (Å²) >= 11 is 1.64. The molecule has 0 spiro atoms. The number of anilines is 2. The van der Waals surface area contributed by atoms with Gasteiger partial charge in [0.2, 0.25) is 0 Å². The predicted octanol–water partition coefficient (Wildman–Crippen LogP) is 5.09. The fraction of sp³-hybridized carbons (Fsp3) is 0.167. The van der Waals surface area contributed by atoms with Gasteiger partial charge in [-0.05, 0) is 42.7 Å². The number of ether oxygens (including phenoxy) is 1. The van der Waals surface area contributed by atoms with E-state index in [1.54, 1.807) is 16.7 Å². The Morgan fingerprint density at radius 2 is 1.38 bits per heavy atom. The molecule has 29 heavy (non-hydrogen) atoms. The van der Waals surface area contributed by atoms with Gasteiger partial charge in [-0.25, -0.2) is 0 Å². The van der Waals surface area contributed by atoms with Gasteiger partial charge in [-0.2, -0.15) is 0 Å². The second-order valence-electron chi connectivity index (χ2n) is 7.29. The van der Waals surface area contributed by atoms with Crippen molar-refractivity contribution < 1.29 is 14.3 Å². The van der Waals surface area contributed by atoms with Crippen LogP contribution in [0, 0.1) is 0 Å². The summed E-state index contributed by atoms with van der Waals surface area (Å²) in [4.78, 5) is 29.6. The summed E-state index contributed by atoms with van der Waals surface area (Å²) in [5.74, 6) is -0.563. The topological polar surface area (TPSA) is 46.6 Å². The molecule has 5 heteroatoms. The third kappa shape index (κ3) is 3.12. The molecule has 0 saturated heterocycles. The number of nitrogens with zero attached hydrogens (tertiary/aromatic N) is 1. The molecule has 0 atom stereocenters. The number of carbonyl (C=O) groups excluding carboxylic acids is 2. The van der Waals surface area contributed by atoms with Gasteiger partial charge in [-0.3, -0.25) is 14.5 Å². The van der Waals surface area contributed by atoms with Gasteiger partial charge in [0.25, 0.3) is 5.91 Å². The molecule has 0 bridgehead atoms. The standard InChI is InChI=1S/C24H19NO3S/c26-22(16-28-23(27)24(14-15-24)17-8-2-1-3-9-17)25-18-10-4-6-12-20(18)29-21-13-7-5-11-19(21)25/h1-13H,14-16H2. The molecule has 3 aromatic rings. The number of benzene rings is 3. The fourth-order valence-electron chi connectivity index (χ4n) is 3.80. The summed E-state index contributed by atoms with van der Waals surface area (Å²) in [5.41, 5.74) is 2.01. The van der Waals surface area contributed by atoms with Crippen molar-refractivity contribution in [3.05, 3.63) is 84.4 Å². The average molecular weight is 401 g/mol. The molecule has 0 aromatic heterocycles. The lowest BCUT2D eigenvalue weighted by molar-refractivity contribution is -0.150. The van der Waals surface area contributed by atoms with E-state index in [-0.39, 0.29) is 18.5 Å². The van der Waals surface area contributed by atoms with Crippen LogP contribution in [-0.4, -0.2) is 18.5 Å². The van der Waals surface area contributed by atoms with Crippen LogP contribution in [0.3, 0.4) is 0 Å². The molecule has 5 rings (SSSR count). The number of rotatable bonds is 4. The van der Waals surface area contributed by atoms with E-state index in [2.05, 4.69) is 0 Å². The van der Waals surface area contributed by atoms with E-state index in [0.29, 0.717) is 0 Å². The third-order valence-electron chi connectivity index (χ3n) is 5.48. The van der Waals surface area contributed by atoms with Crippen LogP contribution < -0.4 is 4.90 Å². The SMILES string of the molecule is O=C(COC(=O)C1(c2ccccc2)CC1)N1c2ccccc2Sc2ccccc21. The first-order chi connectivity index (χ1) is 14.2. The summed E-state index contributed by atoms with van der Waals surface area (Å²) < 4.78 is 5.53. The van der Waals surface area contributed by atoms with Crippen molar-refractivity contribution in [3.63, 3.8) is 0 Å². The molecule has 0 N–H and O–H groups in total. The van der Waals surface area contributed by atoms with Crippen LogP contribution in [0.5, 0.6) is 0 Å². The zero-order valence-corrected chi connectivity index (χ0v) is 16.5. The van der Waals surface area contributed by atoms with Gasteiger partial charge in [0.05, 0.1) is 16.8 Å². The van der Waals surface area contributed by atoms with Crippen molar-refractivity contribution in [2.45, 2.75) is 28.0 Å². The van der Waals surface area contributed by atoms with Crippen molar-refractivity contribution in [1.29, 1.82) is 0 Å². The van der Waals surface area contributed by atoms with E-state index in [0.717, 1.165) is 39.6 Å². The van der Waals surface area contributed by atoms with Crippen LogP contribution in [0.25, 0.3) is 0 Å². The highest BCUT2D eigenvalue weighted by Crippen LogP contribution is 2.50. The first-order valence-corrected chi connectivity index (χ1v) is 10.4. The molecule has 2 aliphatic rings. The minimum Gasteiger partial charge on any atom is -0.455 e. The Morgan fingerprint density at radius 3 is 1.97 bits per heavy atom. The summed E-state index contributed by atoms with van der Waals surface area (Å²) in [6, 6.07) is 25.2.